The van der Waals surface area contributed by atoms with Crippen LogP contribution in [-0.4, -0.2) is 28.4 Å². The Kier molecular flexibility index (Phi) is 8.53. The van der Waals surface area contributed by atoms with Gasteiger partial charge in [-0.1, -0.05) is 50.8 Å². The van der Waals surface area contributed by atoms with Crippen LogP contribution in [0.15, 0.2) is 47.4 Å². The lowest BCUT2D eigenvalue weighted by Crippen LogP contribution is -2.30. The van der Waals surface area contributed by atoms with Crippen LogP contribution in [0.5, 0.6) is 11.5 Å². The third-order valence-corrected chi connectivity index (χ3v) is 7.22. The molecule has 1 aliphatic rings. The van der Waals surface area contributed by atoms with E-state index < -0.39 is 15.9 Å². The number of carboxylic acid groups (broad SMARTS) is 1. The normalized spacial score (nSPS) is 16.3. The number of carboxylic acids is 1. The molecule has 0 aliphatic heterocycles. The van der Waals surface area contributed by atoms with E-state index in [-0.39, 0.29) is 16.2 Å². The molecule has 0 aromatic heterocycles. The van der Waals surface area contributed by atoms with Gasteiger partial charge in [-0.25, -0.2) is 18.5 Å². The first-order valence-electron chi connectivity index (χ1n) is 11.3. The van der Waals surface area contributed by atoms with Crippen molar-refractivity contribution in [1.82, 2.24) is 4.72 Å². The maximum atomic E-state index is 13.6. The van der Waals surface area contributed by atoms with Gasteiger partial charge in [0.1, 0.15) is 20.6 Å². The minimum atomic E-state index is -3.50. The van der Waals surface area contributed by atoms with Crippen LogP contribution in [0.4, 0.5) is 5.69 Å². The molecule has 2 aromatic rings. The van der Waals surface area contributed by atoms with E-state index in [0.29, 0.717) is 30.4 Å². The highest BCUT2D eigenvalue weighted by molar-refractivity contribution is 7.90. The second-order valence-corrected chi connectivity index (χ2v) is 10.1. The third-order valence-electron chi connectivity index (χ3n) is 5.72. The van der Waals surface area contributed by atoms with E-state index in [9.17, 15) is 14.1 Å². The number of rotatable bonds is 11. The van der Waals surface area contributed by atoms with Crippen LogP contribution in [0.25, 0.3) is 0 Å². The van der Waals surface area contributed by atoms with Crippen LogP contribution < -0.4 is 14.8 Å². The van der Waals surface area contributed by atoms with Gasteiger partial charge in [0.05, 0.1) is 11.3 Å². The molecule has 0 amide bonds. The maximum absolute atomic E-state index is 13.6. The fourth-order valence-electron chi connectivity index (χ4n) is 3.89. The molecule has 0 bridgehead atoms. The van der Waals surface area contributed by atoms with Gasteiger partial charge in [0, 0.05) is 13.1 Å². The van der Waals surface area contributed by atoms with Gasteiger partial charge in [0.2, 0.25) is 0 Å². The smallest absolute Gasteiger partial charge is 0.335 e. The lowest BCUT2D eigenvalue weighted by Gasteiger charge is -2.24. The van der Waals surface area contributed by atoms with Gasteiger partial charge in [-0.3, -0.25) is 0 Å². The summed E-state index contributed by atoms with van der Waals surface area (Å²) in [5.41, 5.74) is 0.399. The highest BCUT2D eigenvalue weighted by Crippen LogP contribution is 2.38. The van der Waals surface area contributed by atoms with E-state index in [2.05, 4.69) is 17.0 Å². The van der Waals surface area contributed by atoms with Crippen LogP contribution in [-0.2, 0) is 9.92 Å². The molecule has 1 saturated carbocycles. The summed E-state index contributed by atoms with van der Waals surface area (Å²) < 4.78 is 31.2. The number of hydrogen-bond acceptors (Lipinski definition) is 5. The molecular weight excluding hydrogens is 426 g/mol. The van der Waals surface area contributed by atoms with Crippen molar-refractivity contribution in [3.8, 4) is 11.5 Å². The Labute approximate surface area is 190 Å². The fourth-order valence-corrected chi connectivity index (χ4v) is 5.22. The Bertz CT molecular complexity index is 1000. The second-order valence-electron chi connectivity index (χ2n) is 8.26. The van der Waals surface area contributed by atoms with Crippen LogP contribution in [0, 0.1) is 10.7 Å². The first-order chi connectivity index (χ1) is 15.4. The van der Waals surface area contributed by atoms with Crippen molar-refractivity contribution in [3.05, 3.63) is 48.0 Å². The van der Waals surface area contributed by atoms with Gasteiger partial charge in [-0.05, 0) is 49.4 Å². The van der Waals surface area contributed by atoms with Gasteiger partial charge >= 0.3 is 5.97 Å². The van der Waals surface area contributed by atoms with Gasteiger partial charge in [0.15, 0.2) is 5.75 Å². The molecule has 0 saturated heterocycles. The second kappa shape index (κ2) is 11.3. The Morgan fingerprint density at radius 1 is 1.19 bits per heavy atom. The van der Waals surface area contributed by atoms with Crippen molar-refractivity contribution in [2.24, 2.45) is 5.92 Å². The Morgan fingerprint density at radius 2 is 1.91 bits per heavy atom. The van der Waals surface area contributed by atoms with Crippen molar-refractivity contribution < 1.29 is 18.8 Å². The molecule has 1 atom stereocenters. The molecule has 174 valence electrons. The van der Waals surface area contributed by atoms with E-state index in [1.54, 1.807) is 12.1 Å². The van der Waals surface area contributed by atoms with E-state index in [1.165, 1.54) is 18.6 Å². The molecule has 0 radical (unpaired) electrons. The zero-order valence-electron chi connectivity index (χ0n) is 18.6. The van der Waals surface area contributed by atoms with Crippen LogP contribution >= 0.6 is 0 Å². The molecule has 1 fully saturated rings. The number of hydrogen-bond donors (Lipinski definition) is 4. The predicted octanol–water partition coefficient (Wildman–Crippen LogP) is 5.88. The quantitative estimate of drug-likeness (QED) is 0.314. The largest absolute Gasteiger partial charge is 0.478 e. The van der Waals surface area contributed by atoms with Gasteiger partial charge in [-0.15, -0.1) is 0 Å². The van der Waals surface area contributed by atoms with E-state index >= 15 is 0 Å². The molecule has 2 aromatic carbocycles. The number of anilines is 1. The average molecular weight is 460 g/mol. The minimum absolute atomic E-state index is 0.0288. The molecular formula is C24H33N3O4S. The maximum Gasteiger partial charge on any atom is 0.335 e. The lowest BCUT2D eigenvalue weighted by molar-refractivity contribution is 0.0696. The summed E-state index contributed by atoms with van der Waals surface area (Å²) in [6.07, 6.45) is 7.46. The van der Waals surface area contributed by atoms with Crippen LogP contribution in [0.2, 0.25) is 0 Å². The Hall–Kier alpha value is -2.58. The summed E-state index contributed by atoms with van der Waals surface area (Å²) in [5.74, 6) is -0.0111. The van der Waals surface area contributed by atoms with Crippen molar-refractivity contribution >= 4 is 21.6 Å². The third kappa shape index (κ3) is 6.46. The molecule has 8 heteroatoms. The number of ether oxygens (including phenoxy) is 1. The highest BCUT2D eigenvalue weighted by Gasteiger charge is 2.25. The lowest BCUT2D eigenvalue weighted by atomic mass is 9.90. The molecule has 1 unspecified atom stereocenters. The van der Waals surface area contributed by atoms with E-state index in [0.717, 1.165) is 38.5 Å². The number of para-hydroxylation sites is 1. The van der Waals surface area contributed by atoms with Crippen molar-refractivity contribution in [1.29, 1.82) is 4.78 Å². The van der Waals surface area contributed by atoms with Gasteiger partial charge in [-0.2, -0.15) is 0 Å². The summed E-state index contributed by atoms with van der Waals surface area (Å²) in [6.45, 7) is 3.13. The van der Waals surface area contributed by atoms with Crippen LogP contribution in [0.1, 0.15) is 62.2 Å². The zero-order valence-corrected chi connectivity index (χ0v) is 19.4. The van der Waals surface area contributed by atoms with Crippen molar-refractivity contribution in [3.63, 3.8) is 0 Å². The summed E-state index contributed by atoms with van der Waals surface area (Å²) in [7, 11) is -3.50. The Morgan fingerprint density at radius 3 is 2.56 bits per heavy atom. The molecule has 3 rings (SSSR count). The monoisotopic (exact) mass is 459 g/mol. The van der Waals surface area contributed by atoms with Gasteiger partial charge in [0.25, 0.3) is 0 Å². The van der Waals surface area contributed by atoms with Crippen molar-refractivity contribution in [2.75, 3.05) is 18.4 Å². The molecule has 1 aliphatic carbocycles. The number of aromatic carboxylic acids is 1. The number of benzene rings is 2. The predicted molar refractivity (Wildman–Crippen MR) is 127 cm³/mol. The Balaban J connectivity index is 2.00. The van der Waals surface area contributed by atoms with E-state index in [4.69, 9.17) is 9.52 Å². The first-order valence-corrected chi connectivity index (χ1v) is 12.9. The standard InChI is InChI=1S/C24H33N3O4S/c1-2-3-14-26-21-15-19(24(28)29)16-22(23(21)31-20-12-8-5-9-13-20)32(25,30)27-17-18-10-6-4-7-11-18/h5,8-9,12-13,15-16,18,26H,2-4,6-7,10-11,14,17H2,1H3,(H,28,29)(H2,25,27,30). The molecule has 0 heterocycles. The molecule has 0 spiro atoms. The molecule has 7 nitrogen and oxygen atoms in total. The summed E-state index contributed by atoms with van der Waals surface area (Å²) in [6, 6.07) is 11.8. The topological polar surface area (TPSA) is 112 Å². The summed E-state index contributed by atoms with van der Waals surface area (Å²) in [5, 5.41) is 12.9. The number of carbonyl (C=O) groups is 1. The highest BCUT2D eigenvalue weighted by atomic mass is 32.2. The zero-order chi connectivity index (χ0) is 23.0. The van der Waals surface area contributed by atoms with E-state index in [1.807, 2.05) is 18.2 Å². The average Bonchev–Trinajstić information content (AvgIpc) is 2.80. The van der Waals surface area contributed by atoms with Gasteiger partial charge < -0.3 is 15.2 Å². The van der Waals surface area contributed by atoms with Crippen LogP contribution in [0.3, 0.4) is 0 Å². The fraction of sp³-hybridized carbons (Fsp3) is 0.458. The molecule has 4 N–H and O–H groups in total. The molecule has 32 heavy (non-hydrogen) atoms. The minimum Gasteiger partial charge on any atom is -0.478 e. The number of nitrogens with one attached hydrogen (secondary N) is 3. The summed E-state index contributed by atoms with van der Waals surface area (Å²) in [4.78, 5) is 11.8. The SMILES string of the molecule is CCCCNc1cc(C(=O)O)cc(S(=N)(=O)NCC2CCCCC2)c1Oc1ccccc1. The summed E-state index contributed by atoms with van der Waals surface area (Å²) >= 11 is 0. The number of unbranched alkanes of at least 4 members (excludes halogenated alkanes) is 1. The first kappa shape index (κ1) is 24.1. The van der Waals surface area contributed by atoms with Crippen molar-refractivity contribution in [2.45, 2.75) is 56.8 Å².